The maximum atomic E-state index is 11.2. The molecule has 1 saturated carbocycles. The predicted molar refractivity (Wildman–Crippen MR) is 105 cm³/mol. The summed E-state index contributed by atoms with van der Waals surface area (Å²) in [6, 6.07) is 5.37. The van der Waals surface area contributed by atoms with Gasteiger partial charge in [0, 0.05) is 31.8 Å². The van der Waals surface area contributed by atoms with E-state index in [1.165, 1.54) is 31.5 Å². The Morgan fingerprint density at radius 2 is 2.12 bits per heavy atom. The molecule has 0 aliphatic heterocycles. The summed E-state index contributed by atoms with van der Waals surface area (Å²) in [5, 5.41) is 19.1. The standard InChI is InChI=1S/C17H25N5O2S/c1-12-6-4-5-7-14(12)19-17(25)20-18-11-13-8-9-15(21(2)3)16(10-13)22(23)24/h8-12,14H,4-7H2,1-3H3,(H2,19,20,25)/b18-11-/t12-,14+/m1/s1. The summed E-state index contributed by atoms with van der Waals surface area (Å²) < 4.78 is 0. The van der Waals surface area contributed by atoms with Crippen LogP contribution in [0.25, 0.3) is 0 Å². The molecule has 0 radical (unpaired) electrons. The molecule has 1 aliphatic carbocycles. The van der Waals surface area contributed by atoms with Crippen LogP contribution in [0.2, 0.25) is 0 Å². The third kappa shape index (κ3) is 5.38. The maximum absolute atomic E-state index is 11.2. The normalized spacial score (nSPS) is 20.3. The molecule has 0 saturated heterocycles. The van der Waals surface area contributed by atoms with E-state index in [0.717, 1.165) is 6.42 Å². The number of hydrogen-bond acceptors (Lipinski definition) is 5. The monoisotopic (exact) mass is 363 g/mol. The second-order valence-electron chi connectivity index (χ2n) is 6.61. The first-order valence-corrected chi connectivity index (χ1v) is 8.84. The van der Waals surface area contributed by atoms with Crippen LogP contribution in [0.4, 0.5) is 11.4 Å². The zero-order valence-electron chi connectivity index (χ0n) is 14.9. The van der Waals surface area contributed by atoms with Crippen LogP contribution >= 0.6 is 12.2 Å². The maximum Gasteiger partial charge on any atom is 0.293 e. The molecule has 0 spiro atoms. The summed E-state index contributed by atoms with van der Waals surface area (Å²) >= 11 is 5.27. The molecule has 7 nitrogen and oxygen atoms in total. The van der Waals surface area contributed by atoms with Crippen LogP contribution in [-0.2, 0) is 0 Å². The molecular formula is C17H25N5O2S. The third-order valence-electron chi connectivity index (χ3n) is 4.49. The van der Waals surface area contributed by atoms with Gasteiger partial charge >= 0.3 is 0 Å². The highest BCUT2D eigenvalue weighted by Crippen LogP contribution is 2.27. The highest BCUT2D eigenvalue weighted by Gasteiger charge is 2.21. The Hall–Kier alpha value is -2.22. The van der Waals surface area contributed by atoms with Crippen molar-refractivity contribution in [2.75, 3.05) is 19.0 Å². The summed E-state index contributed by atoms with van der Waals surface area (Å²) in [5.74, 6) is 0.596. The second-order valence-corrected chi connectivity index (χ2v) is 7.02. The van der Waals surface area contributed by atoms with Crippen molar-refractivity contribution in [2.45, 2.75) is 38.6 Å². The van der Waals surface area contributed by atoms with Gasteiger partial charge in [0.1, 0.15) is 5.69 Å². The average molecular weight is 363 g/mol. The highest BCUT2D eigenvalue weighted by atomic mass is 32.1. The molecule has 136 valence electrons. The molecule has 0 amide bonds. The van der Waals surface area contributed by atoms with Gasteiger partial charge in [-0.3, -0.25) is 15.5 Å². The van der Waals surface area contributed by atoms with Crippen molar-refractivity contribution >= 4 is 34.9 Å². The topological polar surface area (TPSA) is 82.8 Å². The molecule has 0 bridgehead atoms. The van der Waals surface area contributed by atoms with Gasteiger partial charge in [0.05, 0.1) is 11.1 Å². The molecule has 8 heteroatoms. The van der Waals surface area contributed by atoms with Crippen LogP contribution in [0.15, 0.2) is 23.3 Å². The van der Waals surface area contributed by atoms with E-state index < -0.39 is 4.92 Å². The summed E-state index contributed by atoms with van der Waals surface area (Å²) in [4.78, 5) is 12.5. The average Bonchev–Trinajstić information content (AvgIpc) is 2.56. The van der Waals surface area contributed by atoms with Gasteiger partial charge in [-0.15, -0.1) is 0 Å². The summed E-state index contributed by atoms with van der Waals surface area (Å²) in [6.45, 7) is 2.23. The molecule has 2 atom stereocenters. The van der Waals surface area contributed by atoms with Crippen LogP contribution in [0.1, 0.15) is 38.2 Å². The van der Waals surface area contributed by atoms with Crippen molar-refractivity contribution in [3.63, 3.8) is 0 Å². The van der Waals surface area contributed by atoms with E-state index in [-0.39, 0.29) is 5.69 Å². The lowest BCUT2D eigenvalue weighted by molar-refractivity contribution is -0.384. The minimum atomic E-state index is -0.392. The second kappa shape index (κ2) is 8.75. The van der Waals surface area contributed by atoms with Gasteiger partial charge in [0.25, 0.3) is 5.69 Å². The molecular weight excluding hydrogens is 338 g/mol. The Balaban J connectivity index is 1.96. The number of rotatable bonds is 5. The predicted octanol–water partition coefficient (Wildman–Crippen LogP) is 3.04. The van der Waals surface area contributed by atoms with Gasteiger partial charge in [-0.1, -0.05) is 25.8 Å². The molecule has 0 heterocycles. The first kappa shape index (κ1) is 19.1. The van der Waals surface area contributed by atoms with Crippen LogP contribution in [0.5, 0.6) is 0 Å². The fraction of sp³-hybridized carbons (Fsp3) is 0.529. The lowest BCUT2D eigenvalue weighted by Gasteiger charge is -2.30. The molecule has 2 rings (SSSR count). The fourth-order valence-electron chi connectivity index (χ4n) is 3.04. The molecule has 25 heavy (non-hydrogen) atoms. The zero-order chi connectivity index (χ0) is 18.4. The van der Waals surface area contributed by atoms with E-state index in [1.54, 1.807) is 31.1 Å². The van der Waals surface area contributed by atoms with Crippen LogP contribution in [0.3, 0.4) is 0 Å². The molecule has 0 unspecified atom stereocenters. The van der Waals surface area contributed by atoms with E-state index in [9.17, 15) is 10.1 Å². The number of nitrogens with zero attached hydrogens (tertiary/aromatic N) is 3. The lowest BCUT2D eigenvalue weighted by Crippen LogP contribution is -2.44. The van der Waals surface area contributed by atoms with E-state index in [0.29, 0.717) is 28.3 Å². The third-order valence-corrected chi connectivity index (χ3v) is 4.69. The van der Waals surface area contributed by atoms with Crippen molar-refractivity contribution in [3.05, 3.63) is 33.9 Å². The molecule has 1 aromatic rings. The van der Waals surface area contributed by atoms with Crippen LogP contribution in [0, 0.1) is 16.0 Å². The summed E-state index contributed by atoms with van der Waals surface area (Å²) in [7, 11) is 3.54. The van der Waals surface area contributed by atoms with Gasteiger partial charge in [-0.25, -0.2) is 0 Å². The number of nitro benzene ring substituents is 1. The number of nitrogens with one attached hydrogen (secondary N) is 2. The van der Waals surface area contributed by atoms with Crippen molar-refractivity contribution in [2.24, 2.45) is 11.0 Å². The van der Waals surface area contributed by atoms with Crippen molar-refractivity contribution < 1.29 is 4.92 Å². The minimum Gasteiger partial charge on any atom is -0.372 e. The van der Waals surface area contributed by atoms with Gasteiger partial charge < -0.3 is 10.2 Å². The number of thiocarbonyl (C=S) groups is 1. The Morgan fingerprint density at radius 1 is 1.40 bits per heavy atom. The number of hydrazone groups is 1. The lowest BCUT2D eigenvalue weighted by atomic mass is 9.86. The summed E-state index contributed by atoms with van der Waals surface area (Å²) in [6.07, 6.45) is 6.36. The first-order chi connectivity index (χ1) is 11.9. The van der Waals surface area contributed by atoms with Crippen molar-refractivity contribution in [3.8, 4) is 0 Å². The number of anilines is 1. The van der Waals surface area contributed by atoms with Gasteiger partial charge in [-0.05, 0) is 37.0 Å². The Kier molecular flexibility index (Phi) is 6.69. The van der Waals surface area contributed by atoms with Gasteiger partial charge in [-0.2, -0.15) is 5.10 Å². The molecule has 2 N–H and O–H groups in total. The van der Waals surface area contributed by atoms with Crippen LogP contribution < -0.4 is 15.6 Å². The molecule has 1 aromatic carbocycles. The van der Waals surface area contributed by atoms with E-state index in [2.05, 4.69) is 22.8 Å². The minimum absolute atomic E-state index is 0.0469. The number of nitro groups is 1. The smallest absolute Gasteiger partial charge is 0.293 e. The molecule has 0 aromatic heterocycles. The largest absolute Gasteiger partial charge is 0.372 e. The van der Waals surface area contributed by atoms with E-state index in [1.807, 2.05) is 0 Å². The van der Waals surface area contributed by atoms with Crippen LogP contribution in [-0.4, -0.2) is 36.4 Å². The Labute approximate surface area is 153 Å². The quantitative estimate of drug-likeness (QED) is 0.362. The van der Waals surface area contributed by atoms with E-state index >= 15 is 0 Å². The highest BCUT2D eigenvalue weighted by molar-refractivity contribution is 7.80. The molecule has 1 aliphatic rings. The SMILES string of the molecule is C[C@@H]1CCCC[C@@H]1NC(=S)N/N=C\c1ccc(N(C)C)c([N+](=O)[O-])c1. The van der Waals surface area contributed by atoms with Gasteiger partial charge in [0.2, 0.25) is 0 Å². The van der Waals surface area contributed by atoms with E-state index in [4.69, 9.17) is 12.2 Å². The first-order valence-electron chi connectivity index (χ1n) is 8.44. The Bertz CT molecular complexity index is 662. The van der Waals surface area contributed by atoms with Gasteiger partial charge in [0.15, 0.2) is 5.11 Å². The summed E-state index contributed by atoms with van der Waals surface area (Å²) in [5.41, 5.74) is 4.03. The fourth-order valence-corrected chi connectivity index (χ4v) is 3.25. The van der Waals surface area contributed by atoms with Crippen molar-refractivity contribution in [1.29, 1.82) is 0 Å². The molecule has 1 fully saturated rings. The van der Waals surface area contributed by atoms with Crippen molar-refractivity contribution in [1.82, 2.24) is 10.7 Å². The number of hydrogen-bond donors (Lipinski definition) is 2. The number of benzene rings is 1. The Morgan fingerprint density at radius 3 is 2.76 bits per heavy atom. The zero-order valence-corrected chi connectivity index (χ0v) is 15.7.